The Kier molecular flexibility index (Phi) is 4.76. The largest absolute Gasteiger partial charge is 0.489 e. The third kappa shape index (κ3) is 3.18. The van der Waals surface area contributed by atoms with E-state index in [4.69, 9.17) is 10.5 Å². The molecular formula is C16H27N3O. The van der Waals surface area contributed by atoms with Gasteiger partial charge in [0.1, 0.15) is 5.75 Å². The quantitative estimate of drug-likeness (QED) is 0.859. The maximum atomic E-state index is 6.30. The van der Waals surface area contributed by atoms with Gasteiger partial charge in [-0.3, -0.25) is 4.90 Å². The smallest absolute Gasteiger partial charge is 0.144 e. The van der Waals surface area contributed by atoms with Crippen LogP contribution in [-0.2, 0) is 0 Å². The van der Waals surface area contributed by atoms with E-state index in [2.05, 4.69) is 29.8 Å². The van der Waals surface area contributed by atoms with E-state index in [1.807, 2.05) is 26.0 Å². The van der Waals surface area contributed by atoms with Crippen molar-refractivity contribution >= 4 is 11.4 Å². The van der Waals surface area contributed by atoms with Gasteiger partial charge in [0.2, 0.25) is 0 Å². The Morgan fingerprint density at radius 2 is 2.10 bits per heavy atom. The number of rotatable bonds is 4. The van der Waals surface area contributed by atoms with Crippen molar-refractivity contribution < 1.29 is 4.74 Å². The fraction of sp³-hybridized carbons (Fsp3) is 0.625. The van der Waals surface area contributed by atoms with Crippen molar-refractivity contribution in [3.63, 3.8) is 0 Å². The van der Waals surface area contributed by atoms with Crippen molar-refractivity contribution in [2.75, 3.05) is 37.3 Å². The van der Waals surface area contributed by atoms with Crippen molar-refractivity contribution in [2.45, 2.75) is 39.3 Å². The van der Waals surface area contributed by atoms with E-state index < -0.39 is 0 Å². The molecule has 1 atom stereocenters. The van der Waals surface area contributed by atoms with Gasteiger partial charge in [0.15, 0.2) is 0 Å². The molecule has 0 amide bonds. The van der Waals surface area contributed by atoms with Gasteiger partial charge in [-0.25, -0.2) is 0 Å². The molecule has 0 aliphatic carbocycles. The molecule has 2 N–H and O–H groups in total. The van der Waals surface area contributed by atoms with Crippen LogP contribution in [0.15, 0.2) is 18.2 Å². The summed E-state index contributed by atoms with van der Waals surface area (Å²) in [6, 6.07) is 6.67. The number of para-hydroxylation sites is 1. The zero-order valence-electron chi connectivity index (χ0n) is 13.1. The highest BCUT2D eigenvalue weighted by Gasteiger charge is 2.24. The number of hydrogen-bond acceptors (Lipinski definition) is 4. The molecule has 1 aromatic carbocycles. The van der Waals surface area contributed by atoms with Crippen molar-refractivity contribution in [2.24, 2.45) is 0 Å². The van der Waals surface area contributed by atoms with Gasteiger partial charge in [0.05, 0.1) is 17.5 Å². The number of nitrogen functional groups attached to an aromatic ring is 1. The molecule has 1 aliphatic rings. The van der Waals surface area contributed by atoms with Crippen LogP contribution >= 0.6 is 0 Å². The van der Waals surface area contributed by atoms with E-state index in [9.17, 15) is 0 Å². The van der Waals surface area contributed by atoms with Crippen LogP contribution in [0.1, 0.15) is 27.2 Å². The molecule has 2 rings (SSSR count). The predicted molar refractivity (Wildman–Crippen MR) is 85.5 cm³/mol. The first-order chi connectivity index (χ1) is 9.52. The Bertz CT molecular complexity index is 447. The Hall–Kier alpha value is -1.42. The topological polar surface area (TPSA) is 41.7 Å². The van der Waals surface area contributed by atoms with E-state index in [0.717, 1.165) is 43.2 Å². The molecule has 1 unspecified atom stereocenters. The molecule has 0 saturated carbocycles. The van der Waals surface area contributed by atoms with Gasteiger partial charge in [-0.05, 0) is 39.4 Å². The van der Waals surface area contributed by atoms with E-state index in [1.54, 1.807) is 0 Å². The summed E-state index contributed by atoms with van der Waals surface area (Å²) < 4.78 is 5.79. The SMILES string of the molecule is CCC1CN(c2cccc(OC(C)C)c2N)CCN1C. The predicted octanol–water partition coefficient (Wildman–Crippen LogP) is 2.59. The molecule has 1 aromatic rings. The maximum Gasteiger partial charge on any atom is 0.144 e. The molecule has 1 aliphatic heterocycles. The Labute approximate surface area is 122 Å². The third-order valence-corrected chi connectivity index (χ3v) is 3.99. The number of hydrogen-bond donors (Lipinski definition) is 1. The first kappa shape index (κ1) is 15.0. The summed E-state index contributed by atoms with van der Waals surface area (Å²) in [5.74, 6) is 0.796. The van der Waals surface area contributed by atoms with Gasteiger partial charge >= 0.3 is 0 Å². The van der Waals surface area contributed by atoms with E-state index in [-0.39, 0.29) is 6.10 Å². The molecule has 1 saturated heterocycles. The zero-order valence-corrected chi connectivity index (χ0v) is 13.1. The van der Waals surface area contributed by atoms with E-state index in [0.29, 0.717) is 6.04 Å². The molecule has 4 nitrogen and oxygen atoms in total. The van der Waals surface area contributed by atoms with Crippen LogP contribution < -0.4 is 15.4 Å². The van der Waals surface area contributed by atoms with Crippen LogP contribution in [0.5, 0.6) is 5.75 Å². The zero-order chi connectivity index (χ0) is 14.7. The molecule has 1 heterocycles. The summed E-state index contributed by atoms with van der Waals surface area (Å²) in [5, 5.41) is 0. The van der Waals surface area contributed by atoms with Crippen LogP contribution in [0.4, 0.5) is 11.4 Å². The average Bonchev–Trinajstić information content (AvgIpc) is 2.41. The molecule has 0 aromatic heterocycles. The second-order valence-corrected chi connectivity index (χ2v) is 5.84. The molecule has 112 valence electrons. The van der Waals surface area contributed by atoms with Crippen LogP contribution in [0.3, 0.4) is 0 Å². The summed E-state index contributed by atoms with van der Waals surface area (Å²) in [6.07, 6.45) is 1.30. The molecule has 4 heteroatoms. The van der Waals surface area contributed by atoms with Gasteiger partial charge in [-0.2, -0.15) is 0 Å². The van der Waals surface area contributed by atoms with Crippen LogP contribution in [0.25, 0.3) is 0 Å². The number of benzene rings is 1. The van der Waals surface area contributed by atoms with Gasteiger partial charge < -0.3 is 15.4 Å². The summed E-state index contributed by atoms with van der Waals surface area (Å²) >= 11 is 0. The molecular weight excluding hydrogens is 250 g/mol. The highest BCUT2D eigenvalue weighted by Crippen LogP contribution is 2.34. The van der Waals surface area contributed by atoms with Crippen molar-refractivity contribution in [3.05, 3.63) is 18.2 Å². The lowest BCUT2D eigenvalue weighted by atomic mass is 10.1. The van der Waals surface area contributed by atoms with E-state index >= 15 is 0 Å². The third-order valence-electron chi connectivity index (χ3n) is 3.99. The Morgan fingerprint density at radius 3 is 2.75 bits per heavy atom. The monoisotopic (exact) mass is 277 g/mol. The number of piperazine rings is 1. The van der Waals surface area contributed by atoms with Crippen LogP contribution in [-0.4, -0.2) is 43.7 Å². The lowest BCUT2D eigenvalue weighted by Crippen LogP contribution is -2.51. The number of ether oxygens (including phenoxy) is 1. The first-order valence-electron chi connectivity index (χ1n) is 7.53. The molecule has 20 heavy (non-hydrogen) atoms. The van der Waals surface area contributed by atoms with Crippen molar-refractivity contribution in [3.8, 4) is 5.75 Å². The van der Waals surface area contributed by atoms with Crippen LogP contribution in [0.2, 0.25) is 0 Å². The summed E-state index contributed by atoms with van der Waals surface area (Å²) in [4.78, 5) is 4.82. The summed E-state index contributed by atoms with van der Waals surface area (Å²) in [7, 11) is 2.20. The second-order valence-electron chi connectivity index (χ2n) is 5.84. The number of nitrogens with two attached hydrogens (primary N) is 1. The highest BCUT2D eigenvalue weighted by molar-refractivity contribution is 5.74. The number of anilines is 2. The van der Waals surface area contributed by atoms with Gasteiger partial charge in [0.25, 0.3) is 0 Å². The maximum absolute atomic E-state index is 6.30. The number of likely N-dealkylation sites (N-methyl/N-ethyl adjacent to an activating group) is 1. The van der Waals surface area contributed by atoms with Gasteiger partial charge in [0, 0.05) is 25.7 Å². The highest BCUT2D eigenvalue weighted by atomic mass is 16.5. The minimum atomic E-state index is 0.142. The van der Waals surface area contributed by atoms with Crippen molar-refractivity contribution in [1.82, 2.24) is 4.90 Å². The summed E-state index contributed by atoms with van der Waals surface area (Å²) in [6.45, 7) is 9.41. The first-order valence-corrected chi connectivity index (χ1v) is 7.53. The minimum Gasteiger partial charge on any atom is -0.489 e. The normalized spacial score (nSPS) is 20.4. The minimum absolute atomic E-state index is 0.142. The van der Waals surface area contributed by atoms with Gasteiger partial charge in [-0.1, -0.05) is 13.0 Å². The Balaban J connectivity index is 2.20. The fourth-order valence-corrected chi connectivity index (χ4v) is 2.77. The Morgan fingerprint density at radius 1 is 1.35 bits per heavy atom. The average molecular weight is 277 g/mol. The molecule has 0 bridgehead atoms. The molecule has 1 fully saturated rings. The van der Waals surface area contributed by atoms with Crippen LogP contribution in [0, 0.1) is 0 Å². The van der Waals surface area contributed by atoms with Crippen molar-refractivity contribution in [1.29, 1.82) is 0 Å². The standard InChI is InChI=1S/C16H27N3O/c1-5-13-11-19(10-9-18(13)4)14-7-6-8-15(16(14)17)20-12(2)3/h6-8,12-13H,5,9-11,17H2,1-4H3. The van der Waals surface area contributed by atoms with E-state index in [1.165, 1.54) is 0 Å². The molecule has 0 spiro atoms. The lowest BCUT2D eigenvalue weighted by Gasteiger charge is -2.40. The molecule has 0 radical (unpaired) electrons. The van der Waals surface area contributed by atoms with Gasteiger partial charge in [-0.15, -0.1) is 0 Å². The second kappa shape index (κ2) is 6.35. The summed E-state index contributed by atoms with van der Waals surface area (Å²) in [5.41, 5.74) is 8.17. The lowest BCUT2D eigenvalue weighted by molar-refractivity contribution is 0.213. The fourth-order valence-electron chi connectivity index (χ4n) is 2.77. The number of nitrogens with zero attached hydrogens (tertiary/aromatic N) is 2.